The number of amides is 1. The van der Waals surface area contributed by atoms with Gasteiger partial charge in [0.15, 0.2) is 5.65 Å². The summed E-state index contributed by atoms with van der Waals surface area (Å²) in [6, 6.07) is 1.77. The third-order valence-corrected chi connectivity index (χ3v) is 2.16. The van der Waals surface area contributed by atoms with Gasteiger partial charge in [0.25, 0.3) is 11.5 Å². The second kappa shape index (κ2) is 4.05. The molecule has 16 heavy (non-hydrogen) atoms. The van der Waals surface area contributed by atoms with Gasteiger partial charge in [0.2, 0.25) is 0 Å². The van der Waals surface area contributed by atoms with Crippen LogP contribution in [0.5, 0.6) is 0 Å². The molecule has 0 aliphatic rings. The number of nitrogens with zero attached hydrogens (tertiary/aromatic N) is 3. The molecule has 1 unspecified atom stereocenters. The van der Waals surface area contributed by atoms with Crippen molar-refractivity contribution in [1.82, 2.24) is 14.6 Å². The first-order valence-electron chi connectivity index (χ1n) is 4.48. The number of halogens is 2. The molecule has 0 radical (unpaired) electrons. The standard InChI is InChI=1S/C9H8ClFN4O/c1-5-2-3-15-8(13-5)6(4-12-15)14-9(16)7(10)11/h2-4,7H,1H3,(H,14,16). The lowest BCUT2D eigenvalue weighted by atomic mass is 10.4. The molecule has 1 N–H and O–H groups in total. The Morgan fingerprint density at radius 1 is 1.69 bits per heavy atom. The minimum absolute atomic E-state index is 0.331. The molecular weight excluding hydrogens is 235 g/mol. The molecule has 0 spiro atoms. The predicted molar refractivity (Wildman–Crippen MR) is 57.1 cm³/mol. The van der Waals surface area contributed by atoms with Crippen molar-refractivity contribution < 1.29 is 9.18 Å². The fourth-order valence-corrected chi connectivity index (χ4v) is 1.29. The SMILES string of the molecule is Cc1ccn2ncc(NC(=O)C(F)Cl)c2n1. The van der Waals surface area contributed by atoms with Crippen molar-refractivity contribution in [2.45, 2.75) is 12.6 Å². The van der Waals surface area contributed by atoms with Crippen molar-refractivity contribution in [3.8, 4) is 0 Å². The van der Waals surface area contributed by atoms with E-state index in [1.54, 1.807) is 19.2 Å². The molecular formula is C9H8ClFN4O. The second-order valence-corrected chi connectivity index (χ2v) is 3.57. The van der Waals surface area contributed by atoms with Gasteiger partial charge in [-0.25, -0.2) is 13.9 Å². The van der Waals surface area contributed by atoms with Gasteiger partial charge in [-0.2, -0.15) is 5.10 Å². The van der Waals surface area contributed by atoms with Crippen LogP contribution in [0.1, 0.15) is 5.69 Å². The number of aromatic nitrogens is 3. The van der Waals surface area contributed by atoms with Crippen LogP contribution < -0.4 is 5.32 Å². The Hall–Kier alpha value is -1.69. The molecule has 7 heteroatoms. The van der Waals surface area contributed by atoms with Crippen LogP contribution in [0.3, 0.4) is 0 Å². The first-order chi connectivity index (χ1) is 7.58. The van der Waals surface area contributed by atoms with Gasteiger partial charge in [-0.05, 0) is 13.0 Å². The summed E-state index contributed by atoms with van der Waals surface area (Å²) >= 11 is 5.00. The van der Waals surface area contributed by atoms with Gasteiger partial charge in [0, 0.05) is 11.9 Å². The van der Waals surface area contributed by atoms with E-state index in [4.69, 9.17) is 11.6 Å². The van der Waals surface area contributed by atoms with Crippen molar-refractivity contribution in [3.63, 3.8) is 0 Å². The van der Waals surface area contributed by atoms with Crippen molar-refractivity contribution in [2.24, 2.45) is 0 Å². The topological polar surface area (TPSA) is 59.3 Å². The van der Waals surface area contributed by atoms with Crippen molar-refractivity contribution in [3.05, 3.63) is 24.2 Å². The Bertz CT molecular complexity index is 539. The van der Waals surface area contributed by atoms with Gasteiger partial charge in [-0.15, -0.1) is 0 Å². The summed E-state index contributed by atoms with van der Waals surface area (Å²) in [4.78, 5) is 15.2. The van der Waals surface area contributed by atoms with Crippen LogP contribution in [-0.2, 0) is 4.79 Å². The minimum atomic E-state index is -2.08. The van der Waals surface area contributed by atoms with E-state index in [2.05, 4.69) is 15.4 Å². The lowest BCUT2D eigenvalue weighted by Crippen LogP contribution is -2.19. The summed E-state index contributed by atoms with van der Waals surface area (Å²) < 4.78 is 13.9. The fourth-order valence-electron chi connectivity index (χ4n) is 1.23. The smallest absolute Gasteiger partial charge is 0.274 e. The number of fused-ring (bicyclic) bond motifs is 1. The monoisotopic (exact) mass is 242 g/mol. The van der Waals surface area contributed by atoms with Crippen molar-refractivity contribution in [1.29, 1.82) is 0 Å². The fraction of sp³-hybridized carbons (Fsp3) is 0.222. The van der Waals surface area contributed by atoms with E-state index < -0.39 is 11.5 Å². The highest BCUT2D eigenvalue weighted by atomic mass is 35.5. The molecule has 2 rings (SSSR count). The Morgan fingerprint density at radius 3 is 3.12 bits per heavy atom. The maximum Gasteiger partial charge on any atom is 0.274 e. The first kappa shape index (κ1) is 10.8. The first-order valence-corrected chi connectivity index (χ1v) is 4.91. The molecule has 2 heterocycles. The molecule has 0 saturated carbocycles. The molecule has 0 aliphatic heterocycles. The molecule has 0 aromatic carbocycles. The highest BCUT2D eigenvalue weighted by Gasteiger charge is 2.16. The molecule has 2 aromatic heterocycles. The molecule has 1 atom stereocenters. The number of rotatable bonds is 2. The van der Waals surface area contributed by atoms with Gasteiger partial charge < -0.3 is 5.32 Å². The number of aryl methyl sites for hydroxylation is 1. The Morgan fingerprint density at radius 2 is 2.44 bits per heavy atom. The van der Waals surface area contributed by atoms with Gasteiger partial charge in [-0.1, -0.05) is 11.6 Å². The number of nitrogens with one attached hydrogen (secondary N) is 1. The Kier molecular flexibility index (Phi) is 2.74. The van der Waals surface area contributed by atoms with E-state index in [0.29, 0.717) is 11.3 Å². The highest BCUT2D eigenvalue weighted by molar-refractivity contribution is 6.31. The van der Waals surface area contributed by atoms with Gasteiger partial charge in [0.05, 0.1) is 6.20 Å². The third kappa shape index (κ3) is 1.96. The lowest BCUT2D eigenvalue weighted by molar-refractivity contribution is -0.118. The minimum Gasteiger partial charge on any atom is -0.318 e. The third-order valence-electron chi connectivity index (χ3n) is 1.96. The van der Waals surface area contributed by atoms with Crippen LogP contribution in [0.25, 0.3) is 5.65 Å². The lowest BCUT2D eigenvalue weighted by Gasteiger charge is -2.02. The molecule has 0 aliphatic carbocycles. The van der Waals surface area contributed by atoms with E-state index in [0.717, 1.165) is 5.69 Å². The predicted octanol–water partition coefficient (Wildman–Crippen LogP) is 1.51. The number of anilines is 1. The van der Waals surface area contributed by atoms with Gasteiger partial charge in [0.1, 0.15) is 5.69 Å². The average molecular weight is 243 g/mol. The summed E-state index contributed by atoms with van der Waals surface area (Å²) in [6.45, 7) is 1.80. The number of hydrogen-bond donors (Lipinski definition) is 1. The van der Waals surface area contributed by atoms with Crippen LogP contribution in [0.2, 0.25) is 0 Å². The quantitative estimate of drug-likeness (QED) is 0.812. The number of alkyl halides is 2. The summed E-state index contributed by atoms with van der Waals surface area (Å²) in [5.41, 5.74) is -0.534. The summed E-state index contributed by atoms with van der Waals surface area (Å²) in [6.07, 6.45) is 3.08. The zero-order valence-corrected chi connectivity index (χ0v) is 9.07. The molecule has 84 valence electrons. The summed E-state index contributed by atoms with van der Waals surface area (Å²) in [7, 11) is 0. The molecule has 0 bridgehead atoms. The number of carbonyl (C=O) groups excluding carboxylic acids is 1. The summed E-state index contributed by atoms with van der Waals surface area (Å²) in [5, 5.41) is 6.25. The van der Waals surface area contributed by atoms with Gasteiger partial charge >= 0.3 is 0 Å². The van der Waals surface area contributed by atoms with E-state index in [-0.39, 0.29) is 0 Å². The van der Waals surface area contributed by atoms with E-state index in [1.807, 2.05) is 0 Å². The average Bonchev–Trinajstić information content (AvgIpc) is 2.61. The molecule has 2 aromatic rings. The summed E-state index contributed by atoms with van der Waals surface area (Å²) in [5.74, 6) is -0.931. The van der Waals surface area contributed by atoms with Gasteiger partial charge in [-0.3, -0.25) is 4.79 Å². The van der Waals surface area contributed by atoms with E-state index >= 15 is 0 Å². The highest BCUT2D eigenvalue weighted by Crippen LogP contribution is 2.15. The Balaban J connectivity index is 2.38. The van der Waals surface area contributed by atoms with E-state index in [1.165, 1.54) is 10.7 Å². The number of carbonyl (C=O) groups is 1. The normalized spacial score (nSPS) is 12.7. The van der Waals surface area contributed by atoms with Crippen LogP contribution in [0.4, 0.5) is 10.1 Å². The van der Waals surface area contributed by atoms with Crippen LogP contribution >= 0.6 is 11.6 Å². The zero-order valence-electron chi connectivity index (χ0n) is 8.32. The molecule has 0 fully saturated rings. The van der Waals surface area contributed by atoms with Crippen molar-refractivity contribution >= 4 is 28.8 Å². The Labute approximate surface area is 95.2 Å². The molecule has 1 amide bonds. The maximum absolute atomic E-state index is 12.5. The maximum atomic E-state index is 12.5. The van der Waals surface area contributed by atoms with Crippen molar-refractivity contribution in [2.75, 3.05) is 5.32 Å². The second-order valence-electron chi connectivity index (χ2n) is 3.19. The van der Waals surface area contributed by atoms with Crippen LogP contribution in [0.15, 0.2) is 18.5 Å². The zero-order chi connectivity index (χ0) is 11.7. The van der Waals surface area contributed by atoms with E-state index in [9.17, 15) is 9.18 Å². The number of hydrogen-bond acceptors (Lipinski definition) is 3. The van der Waals surface area contributed by atoms with Crippen LogP contribution in [0, 0.1) is 6.92 Å². The van der Waals surface area contributed by atoms with Crippen LogP contribution in [-0.4, -0.2) is 26.1 Å². The molecule has 5 nitrogen and oxygen atoms in total. The molecule has 0 saturated heterocycles. The largest absolute Gasteiger partial charge is 0.318 e.